The number of nitrogens with zero attached hydrogens (tertiary/aromatic N) is 2. The molecule has 8 nitrogen and oxygen atoms in total. The fourth-order valence-corrected chi connectivity index (χ4v) is 3.07. The van der Waals surface area contributed by atoms with Gasteiger partial charge in [0.1, 0.15) is 11.3 Å². The average Bonchev–Trinajstić information content (AvgIpc) is 2.95. The van der Waals surface area contributed by atoms with Crippen molar-refractivity contribution in [2.45, 2.75) is 11.8 Å². The van der Waals surface area contributed by atoms with E-state index in [1.54, 1.807) is 30.3 Å². The van der Waals surface area contributed by atoms with Crippen LogP contribution in [0.2, 0.25) is 0 Å². The van der Waals surface area contributed by atoms with Gasteiger partial charge in [-0.1, -0.05) is 12.1 Å². The van der Waals surface area contributed by atoms with Gasteiger partial charge in [0.15, 0.2) is 5.69 Å². The monoisotopic (exact) mass is 360 g/mol. The van der Waals surface area contributed by atoms with Gasteiger partial charge in [0.25, 0.3) is 5.91 Å². The predicted molar refractivity (Wildman–Crippen MR) is 92.1 cm³/mol. The number of amides is 1. The molecule has 4 N–H and O–H groups in total. The smallest absolute Gasteiger partial charge is 0.269 e. The van der Waals surface area contributed by atoms with Crippen LogP contribution < -0.4 is 15.6 Å². The van der Waals surface area contributed by atoms with Gasteiger partial charge < -0.3 is 10.5 Å². The molecule has 2 aromatic carbocycles. The molecule has 25 heavy (non-hydrogen) atoms. The van der Waals surface area contributed by atoms with Crippen LogP contribution in [-0.4, -0.2) is 30.7 Å². The first-order chi connectivity index (χ1) is 11.8. The molecule has 1 aromatic heterocycles. The Balaban J connectivity index is 2.26. The maximum Gasteiger partial charge on any atom is 0.269 e. The summed E-state index contributed by atoms with van der Waals surface area (Å²) in [5.41, 5.74) is 6.64. The molecular formula is C16H16N4O4S. The molecule has 0 aliphatic heterocycles. The van der Waals surface area contributed by atoms with Gasteiger partial charge in [-0.05, 0) is 37.3 Å². The van der Waals surface area contributed by atoms with E-state index in [2.05, 4.69) is 5.10 Å². The summed E-state index contributed by atoms with van der Waals surface area (Å²) in [7, 11) is -3.80. The molecule has 0 atom stereocenters. The Morgan fingerprint density at radius 1 is 1.20 bits per heavy atom. The highest BCUT2D eigenvalue weighted by atomic mass is 32.2. The lowest BCUT2D eigenvalue weighted by molar-refractivity contribution is 0.0996. The van der Waals surface area contributed by atoms with Crippen molar-refractivity contribution in [2.75, 3.05) is 6.61 Å². The van der Waals surface area contributed by atoms with Crippen LogP contribution in [0.3, 0.4) is 0 Å². The van der Waals surface area contributed by atoms with Crippen molar-refractivity contribution in [1.29, 1.82) is 0 Å². The van der Waals surface area contributed by atoms with Crippen molar-refractivity contribution >= 4 is 26.8 Å². The van der Waals surface area contributed by atoms with Gasteiger partial charge in [0, 0.05) is 5.39 Å². The molecule has 0 spiro atoms. The van der Waals surface area contributed by atoms with Crippen LogP contribution in [0.4, 0.5) is 0 Å². The molecule has 1 heterocycles. The lowest BCUT2D eigenvalue weighted by atomic mass is 10.2. The molecule has 3 aromatic rings. The number of hydrogen-bond donors (Lipinski definition) is 2. The van der Waals surface area contributed by atoms with Gasteiger partial charge in [-0.2, -0.15) is 5.10 Å². The highest BCUT2D eigenvalue weighted by Crippen LogP contribution is 2.30. The molecule has 0 fully saturated rings. The zero-order valence-corrected chi connectivity index (χ0v) is 14.2. The van der Waals surface area contributed by atoms with E-state index < -0.39 is 15.9 Å². The minimum Gasteiger partial charge on any atom is -0.492 e. The standard InChI is InChI=1S/C16H16N4O4S/c1-2-24-13-5-3-4-12-14(16(17)21)19-20(15(12)13)10-6-8-11(9-7-10)25(18,22)23/h3-9H,2H2,1H3,(H2,17,21)(H2,18,22,23). The first-order valence-corrected chi connectivity index (χ1v) is 8.95. The minimum atomic E-state index is -3.80. The molecule has 0 aliphatic rings. The second-order valence-electron chi connectivity index (χ2n) is 5.25. The Kier molecular flexibility index (Phi) is 4.19. The third kappa shape index (κ3) is 3.06. The van der Waals surface area contributed by atoms with Crippen molar-refractivity contribution in [3.8, 4) is 11.4 Å². The third-order valence-electron chi connectivity index (χ3n) is 3.61. The number of rotatable bonds is 5. The van der Waals surface area contributed by atoms with Crippen LogP contribution in [0, 0.1) is 0 Å². The summed E-state index contributed by atoms with van der Waals surface area (Å²) in [5, 5.41) is 9.94. The molecule has 9 heteroatoms. The highest BCUT2D eigenvalue weighted by Gasteiger charge is 2.19. The third-order valence-corrected chi connectivity index (χ3v) is 4.54. The Morgan fingerprint density at radius 2 is 1.88 bits per heavy atom. The normalized spacial score (nSPS) is 11.6. The Bertz CT molecular complexity index is 1060. The van der Waals surface area contributed by atoms with Gasteiger partial charge in [-0.15, -0.1) is 0 Å². The fourth-order valence-electron chi connectivity index (χ4n) is 2.55. The van der Waals surface area contributed by atoms with Crippen LogP contribution in [0.25, 0.3) is 16.6 Å². The number of benzene rings is 2. The number of primary amides is 1. The van der Waals surface area contributed by atoms with E-state index in [1.807, 2.05) is 6.92 Å². The summed E-state index contributed by atoms with van der Waals surface area (Å²) < 4.78 is 29.9. The van der Waals surface area contributed by atoms with Gasteiger partial charge in [-0.3, -0.25) is 4.79 Å². The summed E-state index contributed by atoms with van der Waals surface area (Å²) >= 11 is 0. The molecule has 3 rings (SSSR count). The molecule has 0 aliphatic carbocycles. The number of nitrogens with two attached hydrogens (primary N) is 2. The van der Waals surface area contributed by atoms with Gasteiger partial charge >= 0.3 is 0 Å². The lowest BCUT2D eigenvalue weighted by Crippen LogP contribution is -2.13. The predicted octanol–water partition coefficient (Wildman–Crippen LogP) is 1.17. The maximum atomic E-state index is 11.7. The van der Waals surface area contributed by atoms with E-state index in [4.69, 9.17) is 15.6 Å². The molecule has 130 valence electrons. The minimum absolute atomic E-state index is 0.0205. The second kappa shape index (κ2) is 6.19. The van der Waals surface area contributed by atoms with Crippen molar-refractivity contribution in [1.82, 2.24) is 9.78 Å². The number of sulfonamides is 1. The van der Waals surface area contributed by atoms with Gasteiger partial charge in [-0.25, -0.2) is 18.2 Å². The molecule has 1 amide bonds. The number of ether oxygens (including phenoxy) is 1. The zero-order chi connectivity index (χ0) is 18.2. The molecule has 0 saturated carbocycles. The average molecular weight is 360 g/mol. The summed E-state index contributed by atoms with van der Waals surface area (Å²) in [6, 6.07) is 11.0. The van der Waals surface area contributed by atoms with Crippen LogP contribution in [0.5, 0.6) is 5.75 Å². The zero-order valence-electron chi connectivity index (χ0n) is 13.3. The Hall–Kier alpha value is -2.91. The van der Waals surface area contributed by atoms with E-state index in [0.717, 1.165) is 0 Å². The number of carbonyl (C=O) groups excluding carboxylic acids is 1. The highest BCUT2D eigenvalue weighted by molar-refractivity contribution is 7.89. The van der Waals surface area contributed by atoms with Crippen molar-refractivity contribution < 1.29 is 17.9 Å². The summed E-state index contributed by atoms with van der Waals surface area (Å²) in [6.45, 7) is 2.27. The van der Waals surface area contributed by atoms with Crippen LogP contribution in [-0.2, 0) is 10.0 Å². The molecule has 0 saturated heterocycles. The summed E-state index contributed by atoms with van der Waals surface area (Å²) in [6.07, 6.45) is 0. The summed E-state index contributed by atoms with van der Waals surface area (Å²) in [4.78, 5) is 11.7. The number of carbonyl (C=O) groups is 1. The molecule has 0 unspecified atom stereocenters. The number of para-hydroxylation sites is 1. The molecular weight excluding hydrogens is 344 g/mol. The van der Waals surface area contributed by atoms with Crippen molar-refractivity contribution in [3.05, 3.63) is 48.2 Å². The fraction of sp³-hybridized carbons (Fsp3) is 0.125. The topological polar surface area (TPSA) is 130 Å². The second-order valence-corrected chi connectivity index (χ2v) is 6.81. The molecule has 0 bridgehead atoms. The van der Waals surface area contributed by atoms with Crippen LogP contribution in [0.15, 0.2) is 47.4 Å². The van der Waals surface area contributed by atoms with E-state index in [9.17, 15) is 13.2 Å². The van der Waals surface area contributed by atoms with Crippen molar-refractivity contribution in [2.24, 2.45) is 10.9 Å². The van der Waals surface area contributed by atoms with Gasteiger partial charge in [0.05, 0.1) is 17.2 Å². The molecule has 0 radical (unpaired) electrons. The quantitative estimate of drug-likeness (QED) is 0.705. The van der Waals surface area contributed by atoms with Crippen LogP contribution >= 0.6 is 0 Å². The van der Waals surface area contributed by atoms with E-state index in [0.29, 0.717) is 28.9 Å². The van der Waals surface area contributed by atoms with Crippen molar-refractivity contribution in [3.63, 3.8) is 0 Å². The summed E-state index contributed by atoms with van der Waals surface area (Å²) in [5.74, 6) is -0.130. The van der Waals surface area contributed by atoms with E-state index in [-0.39, 0.29) is 10.6 Å². The number of fused-ring (bicyclic) bond motifs is 1. The Morgan fingerprint density at radius 3 is 2.44 bits per heavy atom. The number of aromatic nitrogens is 2. The number of hydrogen-bond acceptors (Lipinski definition) is 5. The number of primary sulfonamides is 1. The van der Waals surface area contributed by atoms with E-state index >= 15 is 0 Å². The first kappa shape index (κ1) is 16.9. The largest absolute Gasteiger partial charge is 0.492 e. The first-order valence-electron chi connectivity index (χ1n) is 7.40. The Labute approximate surface area is 144 Å². The van der Waals surface area contributed by atoms with Crippen LogP contribution in [0.1, 0.15) is 17.4 Å². The van der Waals surface area contributed by atoms with Gasteiger partial charge in [0.2, 0.25) is 10.0 Å². The SMILES string of the molecule is CCOc1cccc2c(C(N)=O)nn(-c3ccc(S(N)(=O)=O)cc3)c12. The lowest BCUT2D eigenvalue weighted by Gasteiger charge is -2.09. The van der Waals surface area contributed by atoms with E-state index in [1.165, 1.54) is 16.8 Å². The maximum absolute atomic E-state index is 11.7.